The number of rotatable bonds is 3. The minimum absolute atomic E-state index is 0.0441. The van der Waals surface area contributed by atoms with Gasteiger partial charge in [-0.05, 0) is 37.5 Å². The lowest BCUT2D eigenvalue weighted by Gasteiger charge is -2.25. The van der Waals surface area contributed by atoms with Crippen LogP contribution in [0.25, 0.3) is 0 Å². The van der Waals surface area contributed by atoms with E-state index in [1.807, 2.05) is 30.0 Å². The molecule has 1 aliphatic carbocycles. The maximum absolute atomic E-state index is 13.2. The van der Waals surface area contributed by atoms with Gasteiger partial charge in [-0.2, -0.15) is 0 Å². The molecule has 0 radical (unpaired) electrons. The number of anilines is 1. The summed E-state index contributed by atoms with van der Waals surface area (Å²) in [6, 6.07) is 5.55. The molecule has 2 aliphatic rings. The van der Waals surface area contributed by atoms with Gasteiger partial charge in [-0.25, -0.2) is 4.98 Å². The first-order valence-electron chi connectivity index (χ1n) is 10.9. The SMILES string of the molecule is Cc1ccc(C(=O)N2CCc3oc(C(C)(C)C)nc3C2)cc1NC(=O)C1CCCC1. The highest BCUT2D eigenvalue weighted by molar-refractivity contribution is 5.98. The maximum Gasteiger partial charge on any atom is 0.254 e. The van der Waals surface area contributed by atoms with Gasteiger partial charge in [0.05, 0.1) is 6.54 Å². The topological polar surface area (TPSA) is 75.4 Å². The molecular formula is C24H31N3O3. The van der Waals surface area contributed by atoms with Gasteiger partial charge in [0.2, 0.25) is 5.91 Å². The highest BCUT2D eigenvalue weighted by Crippen LogP contribution is 2.29. The van der Waals surface area contributed by atoms with Crippen LogP contribution < -0.4 is 5.32 Å². The zero-order valence-electron chi connectivity index (χ0n) is 18.4. The molecule has 30 heavy (non-hydrogen) atoms. The fourth-order valence-electron chi connectivity index (χ4n) is 4.19. The second kappa shape index (κ2) is 7.89. The van der Waals surface area contributed by atoms with Crippen molar-refractivity contribution in [2.45, 2.75) is 71.8 Å². The van der Waals surface area contributed by atoms with E-state index in [1.54, 1.807) is 0 Å². The number of nitrogens with zero attached hydrogens (tertiary/aromatic N) is 2. The second-order valence-corrected chi connectivity index (χ2v) is 9.62. The van der Waals surface area contributed by atoms with E-state index < -0.39 is 0 Å². The monoisotopic (exact) mass is 409 g/mol. The number of hydrogen-bond donors (Lipinski definition) is 1. The van der Waals surface area contributed by atoms with Gasteiger partial charge in [0.15, 0.2) is 5.89 Å². The zero-order chi connectivity index (χ0) is 21.5. The van der Waals surface area contributed by atoms with Crippen molar-refractivity contribution in [3.63, 3.8) is 0 Å². The normalized spacial score (nSPS) is 17.1. The number of aryl methyl sites for hydroxylation is 1. The molecule has 0 saturated heterocycles. The van der Waals surface area contributed by atoms with Crippen LogP contribution in [0.1, 0.15) is 79.7 Å². The van der Waals surface area contributed by atoms with E-state index in [9.17, 15) is 9.59 Å². The van der Waals surface area contributed by atoms with Crippen LogP contribution in [-0.4, -0.2) is 28.2 Å². The summed E-state index contributed by atoms with van der Waals surface area (Å²) in [5.41, 5.74) is 2.97. The van der Waals surface area contributed by atoms with Gasteiger partial charge in [0.1, 0.15) is 11.5 Å². The number of carbonyl (C=O) groups is 2. The van der Waals surface area contributed by atoms with Gasteiger partial charge >= 0.3 is 0 Å². The number of aromatic nitrogens is 1. The van der Waals surface area contributed by atoms with E-state index >= 15 is 0 Å². The quantitative estimate of drug-likeness (QED) is 0.803. The molecule has 1 saturated carbocycles. The summed E-state index contributed by atoms with van der Waals surface area (Å²) in [5.74, 6) is 1.72. The molecule has 6 nitrogen and oxygen atoms in total. The average molecular weight is 410 g/mol. The Bertz CT molecular complexity index is 965. The van der Waals surface area contributed by atoms with Crippen molar-refractivity contribution in [1.82, 2.24) is 9.88 Å². The Morgan fingerprint density at radius 1 is 1.20 bits per heavy atom. The molecule has 1 fully saturated rings. The van der Waals surface area contributed by atoms with E-state index in [1.165, 1.54) is 0 Å². The largest absolute Gasteiger partial charge is 0.445 e. The summed E-state index contributed by atoms with van der Waals surface area (Å²) in [5, 5.41) is 3.05. The molecule has 0 unspecified atom stereocenters. The third-order valence-electron chi connectivity index (χ3n) is 6.12. The number of amides is 2. The number of benzene rings is 1. The Labute approximate surface area is 178 Å². The Morgan fingerprint density at radius 2 is 1.93 bits per heavy atom. The van der Waals surface area contributed by atoms with Gasteiger partial charge in [-0.1, -0.05) is 39.7 Å². The standard InChI is InChI=1S/C24H31N3O3/c1-15-9-10-17(13-18(15)25-21(28)16-7-5-6-8-16)22(29)27-12-11-20-19(14-27)26-23(30-20)24(2,3)4/h9-10,13,16H,5-8,11-12,14H2,1-4H3,(H,25,28). The Kier molecular flexibility index (Phi) is 5.43. The summed E-state index contributed by atoms with van der Waals surface area (Å²) in [6.45, 7) is 9.21. The smallest absolute Gasteiger partial charge is 0.254 e. The molecule has 1 aliphatic heterocycles. The van der Waals surface area contributed by atoms with Crippen LogP contribution in [0.15, 0.2) is 22.6 Å². The molecule has 160 valence electrons. The van der Waals surface area contributed by atoms with Crippen LogP contribution >= 0.6 is 0 Å². The Balaban J connectivity index is 1.49. The van der Waals surface area contributed by atoms with Crippen LogP contribution in [0.4, 0.5) is 5.69 Å². The van der Waals surface area contributed by atoms with E-state index in [0.717, 1.165) is 48.4 Å². The van der Waals surface area contributed by atoms with E-state index in [4.69, 9.17) is 4.42 Å². The number of carbonyl (C=O) groups excluding carboxylic acids is 2. The molecule has 2 amide bonds. The molecule has 2 heterocycles. The van der Waals surface area contributed by atoms with Crippen molar-refractivity contribution in [3.05, 3.63) is 46.7 Å². The number of hydrogen-bond acceptors (Lipinski definition) is 4. The van der Waals surface area contributed by atoms with Crippen molar-refractivity contribution >= 4 is 17.5 Å². The summed E-state index contributed by atoms with van der Waals surface area (Å²) in [6.07, 6.45) is 4.81. The molecule has 0 spiro atoms. The molecule has 4 rings (SSSR count). The molecule has 6 heteroatoms. The predicted molar refractivity (Wildman–Crippen MR) is 115 cm³/mol. The number of nitrogens with one attached hydrogen (secondary N) is 1. The van der Waals surface area contributed by atoms with E-state index in [0.29, 0.717) is 31.0 Å². The minimum atomic E-state index is -0.157. The third kappa shape index (κ3) is 4.13. The van der Waals surface area contributed by atoms with Gasteiger partial charge in [0, 0.05) is 35.5 Å². The molecule has 1 aromatic heterocycles. The van der Waals surface area contributed by atoms with Crippen LogP contribution in [0.5, 0.6) is 0 Å². The third-order valence-corrected chi connectivity index (χ3v) is 6.12. The lowest BCUT2D eigenvalue weighted by Crippen LogP contribution is -2.36. The van der Waals surface area contributed by atoms with E-state index in [-0.39, 0.29) is 23.1 Å². The zero-order valence-corrected chi connectivity index (χ0v) is 18.4. The Hall–Kier alpha value is -2.63. The average Bonchev–Trinajstić information content (AvgIpc) is 3.38. The number of fused-ring (bicyclic) bond motifs is 1. The second-order valence-electron chi connectivity index (χ2n) is 9.62. The summed E-state index contributed by atoms with van der Waals surface area (Å²) in [7, 11) is 0. The van der Waals surface area contributed by atoms with Crippen molar-refractivity contribution in [1.29, 1.82) is 0 Å². The fraction of sp³-hybridized carbons (Fsp3) is 0.542. The predicted octanol–water partition coefficient (Wildman–Crippen LogP) is 4.61. The van der Waals surface area contributed by atoms with Gasteiger partial charge < -0.3 is 14.6 Å². The first kappa shape index (κ1) is 20.6. The highest BCUT2D eigenvalue weighted by Gasteiger charge is 2.30. The summed E-state index contributed by atoms with van der Waals surface area (Å²) >= 11 is 0. The summed E-state index contributed by atoms with van der Waals surface area (Å²) in [4.78, 5) is 32.2. The number of oxazole rings is 1. The lowest BCUT2D eigenvalue weighted by atomic mass is 9.97. The minimum Gasteiger partial charge on any atom is -0.445 e. The van der Waals surface area contributed by atoms with Crippen molar-refractivity contribution in [3.8, 4) is 0 Å². The van der Waals surface area contributed by atoms with Gasteiger partial charge in [0.25, 0.3) is 5.91 Å². The van der Waals surface area contributed by atoms with Crippen molar-refractivity contribution in [2.24, 2.45) is 5.92 Å². The van der Waals surface area contributed by atoms with Crippen molar-refractivity contribution in [2.75, 3.05) is 11.9 Å². The van der Waals surface area contributed by atoms with Gasteiger partial charge in [-0.3, -0.25) is 9.59 Å². The Morgan fingerprint density at radius 3 is 2.63 bits per heavy atom. The van der Waals surface area contributed by atoms with Crippen LogP contribution in [-0.2, 0) is 23.2 Å². The maximum atomic E-state index is 13.2. The molecule has 1 aromatic carbocycles. The van der Waals surface area contributed by atoms with Crippen molar-refractivity contribution < 1.29 is 14.0 Å². The fourth-order valence-corrected chi connectivity index (χ4v) is 4.19. The first-order chi connectivity index (χ1) is 14.2. The van der Waals surface area contributed by atoms with Gasteiger partial charge in [-0.15, -0.1) is 0 Å². The molecule has 1 N–H and O–H groups in total. The first-order valence-corrected chi connectivity index (χ1v) is 10.9. The highest BCUT2D eigenvalue weighted by atomic mass is 16.4. The molecule has 2 aromatic rings. The summed E-state index contributed by atoms with van der Waals surface area (Å²) < 4.78 is 5.94. The van der Waals surface area contributed by atoms with E-state index in [2.05, 4.69) is 31.1 Å². The molecule has 0 bridgehead atoms. The lowest BCUT2D eigenvalue weighted by molar-refractivity contribution is -0.119. The van der Waals surface area contributed by atoms with Crippen LogP contribution in [0.2, 0.25) is 0 Å². The van der Waals surface area contributed by atoms with Crippen LogP contribution in [0.3, 0.4) is 0 Å². The molecule has 0 atom stereocenters. The molecular weight excluding hydrogens is 378 g/mol. The van der Waals surface area contributed by atoms with Crippen LogP contribution in [0, 0.1) is 12.8 Å².